The number of ether oxygens (including phenoxy) is 2. The van der Waals surface area contributed by atoms with Crippen LogP contribution < -0.4 is 14.8 Å². The van der Waals surface area contributed by atoms with E-state index in [2.05, 4.69) is 20.0 Å². The molecular weight excluding hydrogens is 448 g/mol. The van der Waals surface area contributed by atoms with Gasteiger partial charge in [-0.05, 0) is 37.3 Å². The molecular formula is C21H18ClF2N3O3S. The molecule has 0 fully saturated rings. The molecule has 1 aromatic heterocycles. The van der Waals surface area contributed by atoms with Crippen LogP contribution in [0.2, 0.25) is 5.02 Å². The van der Waals surface area contributed by atoms with Gasteiger partial charge >= 0.3 is 6.61 Å². The predicted octanol–water partition coefficient (Wildman–Crippen LogP) is 5.53. The van der Waals surface area contributed by atoms with Gasteiger partial charge in [0.25, 0.3) is 0 Å². The molecule has 0 aliphatic carbocycles. The summed E-state index contributed by atoms with van der Waals surface area (Å²) < 4.78 is 34.7. The van der Waals surface area contributed by atoms with E-state index in [4.69, 9.17) is 16.3 Å². The number of thioether (sulfide) groups is 1. The molecule has 1 amide bonds. The summed E-state index contributed by atoms with van der Waals surface area (Å²) in [6.45, 7) is -1.000. The molecule has 0 bridgehead atoms. The maximum Gasteiger partial charge on any atom is 0.387 e. The molecule has 1 heterocycles. The van der Waals surface area contributed by atoms with Crippen LogP contribution in [0.15, 0.2) is 59.9 Å². The largest absolute Gasteiger partial charge is 0.490 e. The van der Waals surface area contributed by atoms with Gasteiger partial charge in [0.2, 0.25) is 5.91 Å². The first-order valence-electron chi connectivity index (χ1n) is 9.18. The Morgan fingerprint density at radius 2 is 1.94 bits per heavy atom. The summed E-state index contributed by atoms with van der Waals surface area (Å²) in [7, 11) is 0. The number of nitrogens with zero attached hydrogens (tertiary/aromatic N) is 2. The van der Waals surface area contributed by atoms with Crippen LogP contribution in [0.4, 0.5) is 14.5 Å². The summed E-state index contributed by atoms with van der Waals surface area (Å²) in [6, 6.07) is 13.2. The summed E-state index contributed by atoms with van der Waals surface area (Å²) in [5.41, 5.74) is 1.99. The molecule has 0 saturated heterocycles. The monoisotopic (exact) mass is 465 g/mol. The van der Waals surface area contributed by atoms with Crippen molar-refractivity contribution in [2.24, 2.45) is 0 Å². The van der Waals surface area contributed by atoms with Crippen LogP contribution in [0.1, 0.15) is 6.92 Å². The van der Waals surface area contributed by atoms with E-state index in [0.717, 1.165) is 5.56 Å². The Labute approximate surface area is 187 Å². The van der Waals surface area contributed by atoms with Crippen molar-refractivity contribution in [2.75, 3.05) is 17.7 Å². The zero-order chi connectivity index (χ0) is 22.2. The van der Waals surface area contributed by atoms with E-state index >= 15 is 0 Å². The van der Waals surface area contributed by atoms with Crippen molar-refractivity contribution in [3.05, 3.63) is 59.8 Å². The van der Waals surface area contributed by atoms with E-state index in [1.807, 2.05) is 12.1 Å². The van der Waals surface area contributed by atoms with Gasteiger partial charge < -0.3 is 14.8 Å². The fourth-order valence-electron chi connectivity index (χ4n) is 2.57. The molecule has 0 atom stereocenters. The molecule has 162 valence electrons. The van der Waals surface area contributed by atoms with Crippen LogP contribution in [0.3, 0.4) is 0 Å². The number of rotatable bonds is 9. The minimum absolute atomic E-state index is 0.0589. The van der Waals surface area contributed by atoms with E-state index in [0.29, 0.717) is 21.6 Å². The quantitative estimate of drug-likeness (QED) is 0.331. The molecule has 1 N–H and O–H groups in total. The highest BCUT2D eigenvalue weighted by Gasteiger charge is 2.13. The molecule has 31 heavy (non-hydrogen) atoms. The summed E-state index contributed by atoms with van der Waals surface area (Å²) in [6.07, 6.45) is 1.62. The Morgan fingerprint density at radius 3 is 2.65 bits per heavy atom. The van der Waals surface area contributed by atoms with Crippen LogP contribution >= 0.6 is 23.4 Å². The Bertz CT molecular complexity index is 1040. The molecule has 6 nitrogen and oxygen atoms in total. The van der Waals surface area contributed by atoms with Crippen LogP contribution in [-0.2, 0) is 4.79 Å². The topological polar surface area (TPSA) is 73.3 Å². The van der Waals surface area contributed by atoms with Crippen LogP contribution in [0.25, 0.3) is 11.3 Å². The highest BCUT2D eigenvalue weighted by atomic mass is 35.5. The van der Waals surface area contributed by atoms with Crippen molar-refractivity contribution in [1.29, 1.82) is 0 Å². The SMILES string of the molecule is CCOc1cc(NC(=O)CSc2nccc(-c3ccc(Cl)cc3)n2)ccc1OC(F)F. The number of nitrogens with one attached hydrogen (secondary N) is 1. The molecule has 3 aromatic rings. The smallest absolute Gasteiger partial charge is 0.387 e. The number of alkyl halides is 2. The first-order chi connectivity index (χ1) is 14.9. The minimum Gasteiger partial charge on any atom is -0.490 e. The average molecular weight is 466 g/mol. The number of hydrogen-bond acceptors (Lipinski definition) is 6. The van der Waals surface area contributed by atoms with E-state index in [9.17, 15) is 13.6 Å². The number of carbonyl (C=O) groups excluding carboxylic acids is 1. The van der Waals surface area contributed by atoms with E-state index in [1.165, 1.54) is 30.0 Å². The molecule has 0 spiro atoms. The fraction of sp³-hybridized carbons (Fsp3) is 0.190. The minimum atomic E-state index is -2.97. The second-order valence-corrected chi connectivity index (χ2v) is 7.42. The fourth-order valence-corrected chi connectivity index (χ4v) is 3.32. The third-order valence-electron chi connectivity index (χ3n) is 3.85. The van der Waals surface area contributed by atoms with Crippen molar-refractivity contribution >= 4 is 35.0 Å². The van der Waals surface area contributed by atoms with E-state index in [1.54, 1.807) is 31.3 Å². The maximum absolute atomic E-state index is 12.5. The van der Waals surface area contributed by atoms with E-state index in [-0.39, 0.29) is 29.8 Å². The molecule has 0 unspecified atom stereocenters. The maximum atomic E-state index is 12.5. The lowest BCUT2D eigenvalue weighted by atomic mass is 10.1. The lowest BCUT2D eigenvalue weighted by Gasteiger charge is -2.13. The lowest BCUT2D eigenvalue weighted by Crippen LogP contribution is -2.14. The molecule has 0 radical (unpaired) electrons. The van der Waals surface area contributed by atoms with Crippen molar-refractivity contribution in [3.8, 4) is 22.8 Å². The van der Waals surface area contributed by atoms with Crippen LogP contribution in [-0.4, -0.2) is 34.8 Å². The van der Waals surface area contributed by atoms with Gasteiger partial charge in [0.15, 0.2) is 16.7 Å². The van der Waals surface area contributed by atoms with Gasteiger partial charge in [-0.2, -0.15) is 8.78 Å². The second kappa shape index (κ2) is 10.9. The number of carbonyl (C=O) groups is 1. The van der Waals surface area contributed by atoms with Crippen molar-refractivity contribution in [1.82, 2.24) is 9.97 Å². The van der Waals surface area contributed by atoms with Gasteiger partial charge in [0, 0.05) is 28.5 Å². The number of anilines is 1. The molecule has 0 saturated carbocycles. The first-order valence-corrected chi connectivity index (χ1v) is 10.5. The summed E-state index contributed by atoms with van der Waals surface area (Å²) in [4.78, 5) is 20.9. The number of hydrogen-bond donors (Lipinski definition) is 1. The van der Waals surface area contributed by atoms with Gasteiger partial charge in [-0.15, -0.1) is 0 Å². The number of aromatic nitrogens is 2. The molecule has 0 aliphatic rings. The first kappa shape index (κ1) is 22.8. The molecule has 0 aliphatic heterocycles. The molecule has 3 rings (SSSR count). The third kappa shape index (κ3) is 6.80. The predicted molar refractivity (Wildman–Crippen MR) is 116 cm³/mol. The van der Waals surface area contributed by atoms with Gasteiger partial charge in [-0.1, -0.05) is 35.5 Å². The molecule has 2 aromatic carbocycles. The normalized spacial score (nSPS) is 10.7. The highest BCUT2D eigenvalue weighted by molar-refractivity contribution is 7.99. The van der Waals surface area contributed by atoms with E-state index < -0.39 is 6.61 Å². The number of amides is 1. The summed E-state index contributed by atoms with van der Waals surface area (Å²) in [5, 5.41) is 3.76. The van der Waals surface area contributed by atoms with Gasteiger partial charge in [-0.25, -0.2) is 9.97 Å². The zero-order valence-electron chi connectivity index (χ0n) is 16.3. The van der Waals surface area contributed by atoms with Crippen LogP contribution in [0, 0.1) is 0 Å². The Hall–Kier alpha value is -2.91. The van der Waals surface area contributed by atoms with Crippen molar-refractivity contribution in [2.45, 2.75) is 18.7 Å². The summed E-state index contributed by atoms with van der Waals surface area (Å²) >= 11 is 7.08. The van der Waals surface area contributed by atoms with Gasteiger partial charge in [0.05, 0.1) is 18.1 Å². The standard InChI is InChI=1S/C21H18ClF2N3O3S/c1-2-29-18-11-15(7-8-17(18)30-20(23)24)26-19(28)12-31-21-25-10-9-16(27-21)13-3-5-14(22)6-4-13/h3-11,20H,2,12H2,1H3,(H,26,28). The Balaban J connectivity index is 1.62. The van der Waals surface area contributed by atoms with Gasteiger partial charge in [-0.3, -0.25) is 4.79 Å². The second-order valence-electron chi connectivity index (χ2n) is 6.04. The van der Waals surface area contributed by atoms with Crippen molar-refractivity contribution in [3.63, 3.8) is 0 Å². The zero-order valence-corrected chi connectivity index (χ0v) is 17.9. The third-order valence-corrected chi connectivity index (χ3v) is 4.96. The van der Waals surface area contributed by atoms with Crippen LogP contribution in [0.5, 0.6) is 11.5 Å². The van der Waals surface area contributed by atoms with Gasteiger partial charge in [0.1, 0.15) is 0 Å². The lowest BCUT2D eigenvalue weighted by molar-refractivity contribution is -0.113. The Morgan fingerprint density at radius 1 is 1.16 bits per heavy atom. The summed E-state index contributed by atoms with van der Waals surface area (Å²) in [5.74, 6) is -0.233. The number of halogens is 3. The Kier molecular flexibility index (Phi) is 8.02. The number of benzene rings is 2. The average Bonchev–Trinajstić information content (AvgIpc) is 2.75. The van der Waals surface area contributed by atoms with Crippen molar-refractivity contribution < 1.29 is 23.0 Å². The molecule has 10 heteroatoms. The highest BCUT2D eigenvalue weighted by Crippen LogP contribution is 2.32.